The van der Waals surface area contributed by atoms with Crippen molar-refractivity contribution in [3.8, 4) is 0 Å². The van der Waals surface area contributed by atoms with Crippen LogP contribution in [0.4, 0.5) is 0 Å². The first-order chi connectivity index (χ1) is 6.88. The van der Waals surface area contributed by atoms with E-state index < -0.39 is 17.5 Å². The first kappa shape index (κ1) is 12.1. The largest absolute Gasteiger partial charge is 0.462 e. The minimum atomic E-state index is -0.751. The lowest BCUT2D eigenvalue weighted by Crippen LogP contribution is -2.36. The summed E-state index contributed by atoms with van der Waals surface area (Å²) in [4.78, 5) is 22.9. The molecular weight excluding hydrogens is 195 g/mol. The third-order valence-corrected chi connectivity index (χ3v) is 2.76. The van der Waals surface area contributed by atoms with Gasteiger partial charge < -0.3 is 9.47 Å². The fraction of sp³-hybridized carbons (Fsp3) is 0.800. The molecule has 4 nitrogen and oxygen atoms in total. The molecule has 0 amide bonds. The molecule has 2 unspecified atom stereocenters. The molecule has 0 spiro atoms. The molecule has 1 rings (SSSR count). The number of hydrogen-bond acceptors (Lipinski definition) is 4. The minimum absolute atomic E-state index is 0.172. The van der Waals surface area contributed by atoms with Gasteiger partial charge in [-0.1, -0.05) is 27.1 Å². The van der Waals surface area contributed by atoms with Crippen molar-refractivity contribution in [2.45, 2.75) is 33.2 Å². The topological polar surface area (TPSA) is 52.6 Å². The van der Waals surface area contributed by atoms with Crippen LogP contribution in [0.2, 0.25) is 6.32 Å². The Kier molecular flexibility index (Phi) is 3.42. The van der Waals surface area contributed by atoms with E-state index in [0.29, 0.717) is 12.9 Å². The maximum Gasteiger partial charge on any atom is 0.348 e. The van der Waals surface area contributed by atoms with Crippen LogP contribution < -0.4 is 0 Å². The lowest BCUT2D eigenvalue weighted by Gasteiger charge is -2.22. The van der Waals surface area contributed by atoms with E-state index in [2.05, 4.69) is 0 Å². The molecule has 1 aliphatic rings. The van der Waals surface area contributed by atoms with E-state index in [1.54, 1.807) is 6.92 Å². The molecule has 0 N–H and O–H groups in total. The van der Waals surface area contributed by atoms with E-state index in [0.717, 1.165) is 0 Å². The van der Waals surface area contributed by atoms with Gasteiger partial charge in [0.25, 0.3) is 0 Å². The first-order valence-electron chi connectivity index (χ1n) is 5.25. The molecule has 1 fully saturated rings. The number of rotatable bonds is 3. The lowest BCUT2D eigenvalue weighted by molar-refractivity contribution is -0.165. The number of ether oxygens (including phenoxy) is 2. The predicted molar refractivity (Wildman–Crippen MR) is 57.1 cm³/mol. The zero-order valence-electron chi connectivity index (χ0n) is 9.70. The lowest BCUT2D eigenvalue weighted by atomic mass is 9.89. The SMILES string of the molecule is BCC(C)C(=O)OC1C(=O)OCC1(C)C. The Hall–Kier alpha value is -0.995. The second-order valence-electron chi connectivity index (χ2n) is 4.72. The second kappa shape index (κ2) is 4.25. The summed E-state index contributed by atoms with van der Waals surface area (Å²) in [7, 11) is 1.91. The van der Waals surface area contributed by atoms with Crippen molar-refractivity contribution in [1.29, 1.82) is 0 Å². The van der Waals surface area contributed by atoms with Crippen molar-refractivity contribution in [3.63, 3.8) is 0 Å². The standard InChI is InChI=1S/C10H17BO4/c1-6(4-11)8(12)15-7-9(13)14-5-10(7,2)3/h6-7H,4-5,11H2,1-3H3. The minimum Gasteiger partial charge on any atom is -0.462 e. The summed E-state index contributed by atoms with van der Waals surface area (Å²) >= 11 is 0. The maximum atomic E-state index is 11.5. The number of carbonyl (C=O) groups is 2. The number of carbonyl (C=O) groups excluding carboxylic acids is 2. The molecule has 1 aliphatic heterocycles. The van der Waals surface area contributed by atoms with Crippen molar-refractivity contribution >= 4 is 19.8 Å². The van der Waals surface area contributed by atoms with Gasteiger partial charge in [-0.25, -0.2) is 4.79 Å². The van der Waals surface area contributed by atoms with Crippen molar-refractivity contribution < 1.29 is 19.1 Å². The Bertz CT molecular complexity index is 275. The molecule has 0 aromatic carbocycles. The van der Waals surface area contributed by atoms with Crippen LogP contribution in [0, 0.1) is 11.3 Å². The summed E-state index contributed by atoms with van der Waals surface area (Å²) in [5.74, 6) is -0.930. The van der Waals surface area contributed by atoms with Crippen LogP contribution in [-0.2, 0) is 19.1 Å². The molecule has 0 aromatic rings. The smallest absolute Gasteiger partial charge is 0.348 e. The fourth-order valence-corrected chi connectivity index (χ4v) is 1.33. The van der Waals surface area contributed by atoms with Gasteiger partial charge >= 0.3 is 11.9 Å². The molecule has 2 atom stereocenters. The van der Waals surface area contributed by atoms with Gasteiger partial charge in [0, 0.05) is 11.3 Å². The van der Waals surface area contributed by atoms with Gasteiger partial charge in [-0.2, -0.15) is 0 Å². The Labute approximate surface area is 90.7 Å². The highest BCUT2D eigenvalue weighted by Crippen LogP contribution is 2.31. The normalized spacial score (nSPS) is 25.8. The van der Waals surface area contributed by atoms with Crippen LogP contribution in [-0.4, -0.2) is 32.5 Å². The summed E-state index contributed by atoms with van der Waals surface area (Å²) < 4.78 is 10.1. The molecule has 0 aromatic heterocycles. The summed E-state index contributed by atoms with van der Waals surface area (Å²) in [6.45, 7) is 5.80. The second-order valence-corrected chi connectivity index (χ2v) is 4.72. The summed E-state index contributed by atoms with van der Waals surface area (Å²) in [5.41, 5.74) is -0.416. The van der Waals surface area contributed by atoms with E-state index >= 15 is 0 Å². The molecule has 5 heteroatoms. The van der Waals surface area contributed by atoms with Crippen LogP contribution in [0.25, 0.3) is 0 Å². The van der Waals surface area contributed by atoms with Crippen molar-refractivity contribution in [1.82, 2.24) is 0 Å². The van der Waals surface area contributed by atoms with E-state index in [9.17, 15) is 9.59 Å². The highest BCUT2D eigenvalue weighted by atomic mass is 16.6. The molecule has 0 aliphatic carbocycles. The highest BCUT2D eigenvalue weighted by molar-refractivity contribution is 6.10. The number of cyclic esters (lactones) is 1. The van der Waals surface area contributed by atoms with Crippen LogP contribution in [0.1, 0.15) is 20.8 Å². The van der Waals surface area contributed by atoms with Crippen LogP contribution in [0.15, 0.2) is 0 Å². The maximum absolute atomic E-state index is 11.5. The van der Waals surface area contributed by atoms with E-state index in [4.69, 9.17) is 9.47 Å². The molecule has 1 heterocycles. The van der Waals surface area contributed by atoms with Crippen LogP contribution >= 0.6 is 0 Å². The quantitative estimate of drug-likeness (QED) is 0.494. The van der Waals surface area contributed by atoms with Crippen molar-refractivity contribution in [2.75, 3.05) is 6.61 Å². The summed E-state index contributed by atoms with van der Waals surface area (Å²) in [5, 5.41) is 0. The van der Waals surface area contributed by atoms with Gasteiger partial charge in [0.2, 0.25) is 6.10 Å². The number of hydrogen-bond donors (Lipinski definition) is 0. The Balaban J connectivity index is 2.64. The third-order valence-electron chi connectivity index (χ3n) is 2.76. The van der Waals surface area contributed by atoms with Crippen molar-refractivity contribution in [3.05, 3.63) is 0 Å². The average molecular weight is 212 g/mol. The first-order valence-corrected chi connectivity index (χ1v) is 5.25. The van der Waals surface area contributed by atoms with E-state index in [1.165, 1.54) is 0 Å². The van der Waals surface area contributed by atoms with Gasteiger partial charge in [-0.05, 0) is 0 Å². The predicted octanol–water partition coefficient (Wildman–Crippen LogP) is 0.169. The van der Waals surface area contributed by atoms with Gasteiger partial charge in [0.15, 0.2) is 0 Å². The summed E-state index contributed by atoms with van der Waals surface area (Å²) in [6.07, 6.45) is -0.0416. The van der Waals surface area contributed by atoms with Gasteiger partial charge in [-0.15, -0.1) is 0 Å². The summed E-state index contributed by atoms with van der Waals surface area (Å²) in [6, 6.07) is 0. The van der Waals surface area contributed by atoms with Crippen LogP contribution in [0.5, 0.6) is 0 Å². The molecule has 0 bridgehead atoms. The average Bonchev–Trinajstić information content (AvgIpc) is 2.43. The molecule has 0 radical (unpaired) electrons. The number of esters is 2. The molecule has 1 saturated heterocycles. The van der Waals surface area contributed by atoms with E-state index in [1.807, 2.05) is 21.7 Å². The Morgan fingerprint density at radius 2 is 2.33 bits per heavy atom. The zero-order valence-corrected chi connectivity index (χ0v) is 9.70. The fourth-order valence-electron chi connectivity index (χ4n) is 1.33. The highest BCUT2D eigenvalue weighted by Gasteiger charge is 2.46. The van der Waals surface area contributed by atoms with Crippen LogP contribution in [0.3, 0.4) is 0 Å². The molecule has 0 saturated carbocycles. The van der Waals surface area contributed by atoms with Gasteiger partial charge in [-0.3, -0.25) is 4.79 Å². The molecule has 15 heavy (non-hydrogen) atoms. The van der Waals surface area contributed by atoms with Crippen molar-refractivity contribution in [2.24, 2.45) is 11.3 Å². The third kappa shape index (κ3) is 2.52. The zero-order chi connectivity index (χ0) is 11.6. The van der Waals surface area contributed by atoms with E-state index in [-0.39, 0.29) is 11.9 Å². The molecular formula is C10H17BO4. The molecule has 84 valence electrons. The Morgan fingerprint density at radius 3 is 2.73 bits per heavy atom. The van der Waals surface area contributed by atoms with Gasteiger partial charge in [0.1, 0.15) is 14.5 Å². The monoisotopic (exact) mass is 212 g/mol. The Morgan fingerprint density at radius 1 is 1.73 bits per heavy atom. The van der Waals surface area contributed by atoms with Gasteiger partial charge in [0.05, 0.1) is 0 Å².